The molecule has 8 heteroatoms. The van der Waals surface area contributed by atoms with E-state index in [1.54, 1.807) is 12.1 Å². The van der Waals surface area contributed by atoms with Crippen molar-refractivity contribution in [3.05, 3.63) is 176 Å². The largest absolute Gasteiger partial charge is 0.493 e. The van der Waals surface area contributed by atoms with Crippen LogP contribution in [0.5, 0.6) is 11.5 Å². The second-order valence-electron chi connectivity index (χ2n) is 12.9. The Balaban J connectivity index is 1.24. The summed E-state index contributed by atoms with van der Waals surface area (Å²) in [5.74, 6) is 0.592. The second kappa shape index (κ2) is 15.8. The molecule has 2 amide bonds. The fourth-order valence-corrected chi connectivity index (χ4v) is 7.78. The van der Waals surface area contributed by atoms with Gasteiger partial charge in [-0.05, 0) is 107 Å². The van der Waals surface area contributed by atoms with Crippen LogP contribution < -0.4 is 20.1 Å². The standard InChI is InChI=1S/C45H38Br2N2O4/c1-3-25-52-41-23-17-31(46)27-37(41)43(50)48-33-19-13-29(14-20-33)45(39-11-7-5-9-35(39)36-10-6-8-12-40(36)45)30-15-21-34(22-16-30)49-44(51)38-28-32(47)18-24-42(38)53-26-4-2/h5-24,27-28H,3-4,25-26H2,1-2H3,(H,48,50)(H,49,51). The third kappa shape index (κ3) is 7.13. The molecule has 0 unspecified atom stereocenters. The predicted octanol–water partition coefficient (Wildman–Crippen LogP) is 11.7. The number of hydrogen-bond donors (Lipinski definition) is 2. The van der Waals surface area contributed by atoms with Crippen molar-refractivity contribution in [2.24, 2.45) is 0 Å². The van der Waals surface area contributed by atoms with Crippen molar-refractivity contribution in [2.75, 3.05) is 23.8 Å². The van der Waals surface area contributed by atoms with Gasteiger partial charge in [0.1, 0.15) is 11.5 Å². The molecule has 6 aromatic rings. The molecule has 0 aliphatic heterocycles. The second-order valence-corrected chi connectivity index (χ2v) is 14.7. The van der Waals surface area contributed by atoms with Crippen LogP contribution in [0.15, 0.2) is 142 Å². The zero-order valence-corrected chi connectivity index (χ0v) is 32.6. The Morgan fingerprint density at radius 2 is 0.943 bits per heavy atom. The van der Waals surface area contributed by atoms with Crippen LogP contribution in [0.1, 0.15) is 69.7 Å². The number of benzene rings is 6. The van der Waals surface area contributed by atoms with E-state index in [9.17, 15) is 9.59 Å². The van der Waals surface area contributed by atoms with Gasteiger partial charge in [0.05, 0.1) is 29.8 Å². The third-order valence-corrected chi connectivity index (χ3v) is 10.4. The highest BCUT2D eigenvalue weighted by Gasteiger charge is 2.45. The van der Waals surface area contributed by atoms with Gasteiger partial charge in [0.25, 0.3) is 11.8 Å². The zero-order valence-electron chi connectivity index (χ0n) is 29.4. The molecule has 0 heterocycles. The first-order valence-electron chi connectivity index (χ1n) is 17.7. The summed E-state index contributed by atoms with van der Waals surface area (Å²) in [5.41, 5.74) is 8.36. The molecule has 0 saturated carbocycles. The van der Waals surface area contributed by atoms with Crippen molar-refractivity contribution in [3.63, 3.8) is 0 Å². The Hall–Kier alpha value is -5.18. The van der Waals surface area contributed by atoms with Crippen LogP contribution >= 0.6 is 31.9 Å². The molecule has 0 bridgehead atoms. The van der Waals surface area contributed by atoms with Gasteiger partial charge in [-0.25, -0.2) is 0 Å². The van der Waals surface area contributed by atoms with E-state index in [1.165, 1.54) is 11.1 Å². The van der Waals surface area contributed by atoms with Crippen molar-refractivity contribution < 1.29 is 19.1 Å². The summed E-state index contributed by atoms with van der Waals surface area (Å²) in [7, 11) is 0. The van der Waals surface area contributed by atoms with Crippen LogP contribution in [0, 0.1) is 0 Å². The minimum atomic E-state index is -0.658. The lowest BCUT2D eigenvalue weighted by Crippen LogP contribution is -2.28. The van der Waals surface area contributed by atoms with Gasteiger partial charge in [0.15, 0.2) is 0 Å². The van der Waals surface area contributed by atoms with E-state index in [-0.39, 0.29) is 11.8 Å². The molecule has 1 aliphatic carbocycles. The average molecular weight is 831 g/mol. The molecule has 266 valence electrons. The number of rotatable bonds is 12. The molecular formula is C45H38Br2N2O4. The van der Waals surface area contributed by atoms with Crippen LogP contribution in [-0.2, 0) is 5.41 Å². The van der Waals surface area contributed by atoms with Gasteiger partial charge in [-0.2, -0.15) is 0 Å². The fraction of sp³-hybridized carbons (Fsp3) is 0.156. The molecule has 53 heavy (non-hydrogen) atoms. The maximum Gasteiger partial charge on any atom is 0.259 e. The van der Waals surface area contributed by atoms with Gasteiger partial charge in [0.2, 0.25) is 0 Å². The van der Waals surface area contributed by atoms with Crippen LogP contribution in [-0.4, -0.2) is 25.0 Å². The predicted molar refractivity (Wildman–Crippen MR) is 220 cm³/mol. The van der Waals surface area contributed by atoms with Crippen LogP contribution in [0.25, 0.3) is 11.1 Å². The lowest BCUT2D eigenvalue weighted by Gasteiger charge is -2.34. The van der Waals surface area contributed by atoms with E-state index in [2.05, 4.69) is 115 Å². The smallest absolute Gasteiger partial charge is 0.259 e. The maximum atomic E-state index is 13.5. The van der Waals surface area contributed by atoms with Gasteiger partial charge < -0.3 is 20.1 Å². The topological polar surface area (TPSA) is 76.7 Å². The normalized spacial score (nSPS) is 12.4. The number of carbonyl (C=O) groups is 2. The van der Waals surface area contributed by atoms with Crippen molar-refractivity contribution in [2.45, 2.75) is 32.1 Å². The van der Waals surface area contributed by atoms with Crippen LogP contribution in [0.4, 0.5) is 11.4 Å². The molecule has 0 atom stereocenters. The SMILES string of the molecule is CCCOc1ccc(Br)cc1C(=O)Nc1ccc(C2(c3ccc(NC(=O)c4cc(Br)ccc4OCCC)cc3)c3ccccc3-c3ccccc32)cc1. The van der Waals surface area contributed by atoms with E-state index in [4.69, 9.17) is 9.47 Å². The Morgan fingerprint density at radius 3 is 1.34 bits per heavy atom. The van der Waals surface area contributed by atoms with Crippen molar-refractivity contribution >= 4 is 55.0 Å². The molecule has 0 radical (unpaired) electrons. The van der Waals surface area contributed by atoms with E-state index in [0.29, 0.717) is 47.2 Å². The number of nitrogens with one attached hydrogen (secondary N) is 2. The monoisotopic (exact) mass is 828 g/mol. The number of fused-ring (bicyclic) bond motifs is 3. The van der Waals surface area contributed by atoms with Gasteiger partial charge in [-0.3, -0.25) is 9.59 Å². The minimum absolute atomic E-state index is 0.249. The zero-order chi connectivity index (χ0) is 37.0. The van der Waals surface area contributed by atoms with Gasteiger partial charge in [0, 0.05) is 20.3 Å². The number of carbonyl (C=O) groups excluding carboxylic acids is 2. The fourth-order valence-electron chi connectivity index (χ4n) is 7.06. The highest BCUT2D eigenvalue weighted by atomic mass is 79.9. The maximum absolute atomic E-state index is 13.5. The lowest BCUT2D eigenvalue weighted by atomic mass is 9.67. The van der Waals surface area contributed by atoms with Crippen molar-refractivity contribution in [3.8, 4) is 22.6 Å². The Morgan fingerprint density at radius 1 is 0.547 bits per heavy atom. The number of hydrogen-bond acceptors (Lipinski definition) is 4. The Labute approximate surface area is 326 Å². The molecule has 6 nitrogen and oxygen atoms in total. The van der Waals surface area contributed by atoms with Crippen LogP contribution in [0.2, 0.25) is 0 Å². The first kappa shape index (κ1) is 36.2. The van der Waals surface area contributed by atoms with Gasteiger partial charge >= 0.3 is 0 Å². The number of anilines is 2. The quantitative estimate of drug-likeness (QED) is 0.129. The van der Waals surface area contributed by atoms with Crippen molar-refractivity contribution in [1.29, 1.82) is 0 Å². The molecule has 0 fully saturated rings. The van der Waals surface area contributed by atoms with E-state index in [0.717, 1.165) is 44.0 Å². The Bertz CT molecular complexity index is 2120. The number of amides is 2. The number of ether oxygens (including phenoxy) is 2. The number of halogens is 2. The first-order valence-corrected chi connectivity index (χ1v) is 19.3. The molecule has 7 rings (SSSR count). The summed E-state index contributed by atoms with van der Waals surface area (Å²) >= 11 is 6.99. The highest BCUT2D eigenvalue weighted by molar-refractivity contribution is 9.10. The summed E-state index contributed by atoms with van der Waals surface area (Å²) in [6.07, 6.45) is 1.68. The average Bonchev–Trinajstić information content (AvgIpc) is 3.48. The summed E-state index contributed by atoms with van der Waals surface area (Å²) in [5, 5.41) is 6.15. The molecule has 0 saturated heterocycles. The van der Waals surface area contributed by atoms with Gasteiger partial charge in [-0.1, -0.05) is 119 Å². The molecule has 2 N–H and O–H groups in total. The molecule has 0 spiro atoms. The summed E-state index contributed by atoms with van der Waals surface area (Å²) in [6, 6.07) is 44.1. The van der Waals surface area contributed by atoms with E-state index < -0.39 is 5.41 Å². The summed E-state index contributed by atoms with van der Waals surface area (Å²) in [6.45, 7) is 5.11. The first-order chi connectivity index (χ1) is 25.8. The van der Waals surface area contributed by atoms with Crippen molar-refractivity contribution in [1.82, 2.24) is 0 Å². The van der Waals surface area contributed by atoms with E-state index in [1.807, 2.05) is 62.4 Å². The van der Waals surface area contributed by atoms with Crippen LogP contribution in [0.3, 0.4) is 0 Å². The summed E-state index contributed by atoms with van der Waals surface area (Å²) in [4.78, 5) is 27.1. The van der Waals surface area contributed by atoms with Gasteiger partial charge in [-0.15, -0.1) is 0 Å². The lowest BCUT2D eigenvalue weighted by molar-refractivity contribution is 0.101. The molecular weight excluding hydrogens is 792 g/mol. The minimum Gasteiger partial charge on any atom is -0.493 e. The van der Waals surface area contributed by atoms with E-state index >= 15 is 0 Å². The highest BCUT2D eigenvalue weighted by Crippen LogP contribution is 2.56. The summed E-state index contributed by atoms with van der Waals surface area (Å²) < 4.78 is 13.4. The Kier molecular flexibility index (Phi) is 10.8. The third-order valence-electron chi connectivity index (χ3n) is 9.40. The molecule has 6 aromatic carbocycles. The molecule has 1 aliphatic rings. The molecule has 0 aromatic heterocycles.